The lowest BCUT2D eigenvalue weighted by molar-refractivity contribution is -0.146. The van der Waals surface area contributed by atoms with E-state index in [1.165, 1.54) is 5.19 Å². The highest BCUT2D eigenvalue weighted by Gasteiger charge is 2.66. The highest BCUT2D eigenvalue weighted by atomic mass is 35.5. The molecule has 0 radical (unpaired) electrons. The van der Waals surface area contributed by atoms with Crippen LogP contribution in [0.2, 0.25) is 23.7 Å². The van der Waals surface area contributed by atoms with Gasteiger partial charge in [-0.05, 0) is 77.5 Å². The second-order valence-electron chi connectivity index (χ2n) is 14.2. The van der Waals surface area contributed by atoms with Crippen molar-refractivity contribution in [2.75, 3.05) is 23.5 Å². The molecular weight excluding hydrogens is 664 g/mol. The summed E-state index contributed by atoms with van der Waals surface area (Å²) < 4.78 is 12.4. The van der Waals surface area contributed by atoms with Crippen molar-refractivity contribution >= 4 is 64.5 Å². The molecule has 0 bridgehead atoms. The molecule has 0 unspecified atom stereocenters. The molecule has 1 saturated heterocycles. The molecule has 8 rings (SSSR count). The molecule has 3 aliphatic heterocycles. The fourth-order valence-corrected chi connectivity index (χ4v) is 13.2. The van der Waals surface area contributed by atoms with Gasteiger partial charge < -0.3 is 19.5 Å². The van der Waals surface area contributed by atoms with Crippen molar-refractivity contribution in [3.63, 3.8) is 0 Å². The predicted molar refractivity (Wildman–Crippen MR) is 201 cm³/mol. The highest BCUT2D eigenvalue weighted by Crippen LogP contribution is 2.60. The van der Waals surface area contributed by atoms with Crippen LogP contribution in [0, 0.1) is 5.92 Å². The predicted octanol–water partition coefficient (Wildman–Crippen LogP) is 7.94. The minimum Gasteiger partial charge on any atom is -0.497 e. The molecule has 5 aromatic carbocycles. The van der Waals surface area contributed by atoms with E-state index in [2.05, 4.69) is 32.2 Å². The molecule has 0 saturated carbocycles. The molecule has 2 amide bonds. The third-order valence-electron chi connectivity index (χ3n) is 11.3. The smallest absolute Gasteiger partial charge is 0.264 e. The summed E-state index contributed by atoms with van der Waals surface area (Å²) in [4.78, 5) is 32.1. The number of rotatable bonds is 8. The SMILES string of the molecule is COc1ccc([Si](C)(C)[C@H]2[C@H](CCO)O[C@@]3(C(=O)N(Cc4ccc(N5C(=O)c6cccc7cccc5c67)cc4)c4ccc(Cl)cc43)[C@@H]2C)cc1. The summed E-state index contributed by atoms with van der Waals surface area (Å²) in [5.74, 6) is 0.441. The average molecular weight is 703 g/mol. The Labute approximate surface area is 298 Å². The first-order chi connectivity index (χ1) is 24.1. The maximum absolute atomic E-state index is 14.9. The third kappa shape index (κ3) is 4.77. The number of ether oxygens (including phenoxy) is 2. The number of aliphatic hydroxyl groups is 1. The van der Waals surface area contributed by atoms with Crippen LogP contribution >= 0.6 is 11.6 Å². The zero-order valence-electron chi connectivity index (χ0n) is 28.5. The summed E-state index contributed by atoms with van der Waals surface area (Å²) in [7, 11) is -0.632. The van der Waals surface area contributed by atoms with Crippen LogP contribution in [-0.2, 0) is 21.7 Å². The number of nitrogens with zero attached hydrogens (tertiary/aromatic N) is 2. The molecule has 5 aromatic rings. The number of amides is 2. The van der Waals surface area contributed by atoms with Gasteiger partial charge in [-0.25, -0.2) is 0 Å². The Balaban J connectivity index is 1.13. The molecular formula is C41H39ClN2O5Si. The highest BCUT2D eigenvalue weighted by molar-refractivity contribution is 6.91. The van der Waals surface area contributed by atoms with Gasteiger partial charge in [0.25, 0.3) is 11.8 Å². The van der Waals surface area contributed by atoms with E-state index < -0.39 is 13.7 Å². The number of hydrogen-bond donors (Lipinski definition) is 1. The van der Waals surface area contributed by atoms with Crippen LogP contribution in [0.4, 0.5) is 17.1 Å². The molecule has 9 heteroatoms. The summed E-state index contributed by atoms with van der Waals surface area (Å²) in [6.07, 6.45) is 0.112. The lowest BCUT2D eigenvalue weighted by atomic mass is 9.82. The van der Waals surface area contributed by atoms with Crippen molar-refractivity contribution < 1.29 is 24.2 Å². The summed E-state index contributed by atoms with van der Waals surface area (Å²) >= 11 is 6.63. The number of benzene rings is 5. The van der Waals surface area contributed by atoms with Gasteiger partial charge in [-0.1, -0.05) is 85.3 Å². The molecule has 1 spiro atoms. The van der Waals surface area contributed by atoms with E-state index in [0.29, 0.717) is 23.6 Å². The molecule has 0 aliphatic carbocycles. The van der Waals surface area contributed by atoms with E-state index in [9.17, 15) is 14.7 Å². The average Bonchev–Trinajstić information content (AvgIpc) is 3.67. The molecule has 1 fully saturated rings. The molecule has 7 nitrogen and oxygen atoms in total. The van der Waals surface area contributed by atoms with Gasteiger partial charge in [0.05, 0.1) is 44.8 Å². The van der Waals surface area contributed by atoms with Crippen molar-refractivity contribution in [3.05, 3.63) is 125 Å². The number of methoxy groups -OCH3 is 1. The van der Waals surface area contributed by atoms with Crippen molar-refractivity contribution in [2.45, 2.75) is 50.2 Å². The van der Waals surface area contributed by atoms with Crippen molar-refractivity contribution in [1.82, 2.24) is 0 Å². The van der Waals surface area contributed by atoms with Crippen LogP contribution in [0.25, 0.3) is 10.8 Å². The molecule has 3 aliphatic rings. The van der Waals surface area contributed by atoms with Gasteiger partial charge in [-0.2, -0.15) is 0 Å². The van der Waals surface area contributed by atoms with Crippen LogP contribution in [0.15, 0.2) is 103 Å². The summed E-state index contributed by atoms with van der Waals surface area (Å²) in [6.45, 7) is 7.06. The van der Waals surface area contributed by atoms with E-state index in [1.54, 1.807) is 12.0 Å². The number of aliphatic hydroxyl groups excluding tert-OH is 1. The zero-order valence-corrected chi connectivity index (χ0v) is 30.3. The molecule has 4 atom stereocenters. The van der Waals surface area contributed by atoms with Gasteiger partial charge in [-0.15, -0.1) is 0 Å². The van der Waals surface area contributed by atoms with E-state index in [4.69, 9.17) is 21.1 Å². The van der Waals surface area contributed by atoms with Gasteiger partial charge in [-0.3, -0.25) is 14.5 Å². The maximum Gasteiger partial charge on any atom is 0.264 e. The Hall–Kier alpha value is -4.47. The monoisotopic (exact) mass is 702 g/mol. The summed E-state index contributed by atoms with van der Waals surface area (Å²) in [5, 5.41) is 14.0. The lowest BCUT2D eigenvalue weighted by Gasteiger charge is -2.37. The van der Waals surface area contributed by atoms with E-state index in [1.807, 2.05) is 95.9 Å². The number of carbonyl (C=O) groups excluding carboxylic acids is 2. The standard InChI is InChI=1S/C41H39ClN2O5Si/c1-25-38(50(3,4)31-18-16-30(48-2)17-19-31)36(21-22-45)49-41(25)33-23-28(42)13-20-34(33)43(40(41)47)24-26-11-14-29(15-12-26)44-35-10-6-8-27-7-5-9-32(37(27)35)39(44)46/h5-20,23,25,36,38,45H,21-22,24H2,1-4H3/t25-,36+,38-,41+/m1/s1. The first-order valence-electron chi connectivity index (χ1n) is 17.1. The van der Waals surface area contributed by atoms with E-state index in [-0.39, 0.29) is 36.0 Å². The Kier molecular flexibility index (Phi) is 7.91. The Morgan fingerprint density at radius 1 is 0.920 bits per heavy atom. The van der Waals surface area contributed by atoms with Gasteiger partial charge in [0, 0.05) is 34.2 Å². The zero-order chi connectivity index (χ0) is 34.9. The van der Waals surface area contributed by atoms with Crippen LogP contribution in [0.1, 0.15) is 34.8 Å². The van der Waals surface area contributed by atoms with Crippen LogP contribution < -0.4 is 19.7 Å². The van der Waals surface area contributed by atoms with E-state index >= 15 is 0 Å². The first kappa shape index (κ1) is 32.7. The van der Waals surface area contributed by atoms with Crippen molar-refractivity contribution in [1.29, 1.82) is 0 Å². The summed E-state index contributed by atoms with van der Waals surface area (Å²) in [6, 6.07) is 33.5. The maximum atomic E-state index is 14.9. The fourth-order valence-electron chi connectivity index (χ4n) is 8.94. The lowest BCUT2D eigenvalue weighted by Crippen LogP contribution is -2.51. The van der Waals surface area contributed by atoms with Gasteiger partial charge in [0.1, 0.15) is 5.75 Å². The minimum absolute atomic E-state index is 0.0321. The minimum atomic E-state index is -2.29. The van der Waals surface area contributed by atoms with Gasteiger partial charge in [0.15, 0.2) is 5.60 Å². The molecule has 50 heavy (non-hydrogen) atoms. The fraction of sp³-hybridized carbons (Fsp3) is 0.268. The Bertz CT molecular complexity index is 2150. The van der Waals surface area contributed by atoms with Gasteiger partial charge >= 0.3 is 0 Å². The van der Waals surface area contributed by atoms with Crippen molar-refractivity contribution in [2.24, 2.45) is 5.92 Å². The third-order valence-corrected chi connectivity index (χ3v) is 15.9. The number of hydrogen-bond acceptors (Lipinski definition) is 5. The van der Waals surface area contributed by atoms with Crippen LogP contribution in [-0.4, -0.2) is 44.8 Å². The second-order valence-corrected chi connectivity index (χ2v) is 19.3. The first-order valence-corrected chi connectivity index (χ1v) is 20.6. The molecule has 254 valence electrons. The Morgan fingerprint density at radius 2 is 1.64 bits per heavy atom. The Morgan fingerprint density at radius 3 is 2.34 bits per heavy atom. The quantitative estimate of drug-likeness (QED) is 0.166. The molecule has 0 aromatic heterocycles. The van der Waals surface area contributed by atoms with Crippen molar-refractivity contribution in [3.8, 4) is 5.75 Å². The summed E-state index contributed by atoms with van der Waals surface area (Å²) in [5.41, 5.74) is 3.61. The van der Waals surface area contributed by atoms with Gasteiger partial charge in [0.2, 0.25) is 0 Å². The number of halogens is 1. The molecule has 1 N–H and O–H groups in total. The normalized spacial score (nSPS) is 22.6. The number of fused-ring (bicyclic) bond motifs is 2. The second kappa shape index (κ2) is 12.1. The largest absolute Gasteiger partial charge is 0.497 e. The van der Waals surface area contributed by atoms with Crippen LogP contribution in [0.3, 0.4) is 0 Å². The topological polar surface area (TPSA) is 79.3 Å². The number of carbonyl (C=O) groups is 2. The van der Waals surface area contributed by atoms with Crippen LogP contribution in [0.5, 0.6) is 5.75 Å². The van der Waals surface area contributed by atoms with E-state index in [0.717, 1.165) is 44.7 Å². The number of anilines is 3. The molecule has 3 heterocycles.